The Kier molecular flexibility index (Phi) is 7.17. The van der Waals surface area contributed by atoms with Gasteiger partial charge in [-0.3, -0.25) is 14.4 Å². The van der Waals surface area contributed by atoms with Crippen LogP contribution in [0.5, 0.6) is 0 Å². The average molecular weight is 461 g/mol. The number of halogens is 1. The first kappa shape index (κ1) is 20.1. The van der Waals surface area contributed by atoms with Gasteiger partial charge in [-0.25, -0.2) is 0 Å². The summed E-state index contributed by atoms with van der Waals surface area (Å²) in [5.41, 5.74) is 7.57. The number of rotatable bonds is 7. The molecule has 1 unspecified atom stereocenters. The highest BCUT2D eigenvalue weighted by Gasteiger charge is 2.39. The van der Waals surface area contributed by atoms with Gasteiger partial charge in [-0.2, -0.15) is 5.48 Å². The van der Waals surface area contributed by atoms with Crippen LogP contribution in [0.2, 0.25) is 0 Å². The van der Waals surface area contributed by atoms with Crippen LogP contribution in [0.15, 0.2) is 24.3 Å². The molecule has 0 aliphatic carbocycles. The number of benzene rings is 1. The summed E-state index contributed by atoms with van der Waals surface area (Å²) >= 11 is 2.17. The number of hydrogen-bond donors (Lipinski definition) is 2. The summed E-state index contributed by atoms with van der Waals surface area (Å²) in [5.74, 6) is -0.900. The van der Waals surface area contributed by atoms with Crippen molar-refractivity contribution in [3.05, 3.63) is 33.4 Å². The second-order valence-corrected chi connectivity index (χ2v) is 7.49. The number of likely N-dealkylation sites (N-methyl/N-ethyl adjacent to an activating group) is 1. The second-order valence-electron chi connectivity index (χ2n) is 6.24. The first-order chi connectivity index (χ1) is 11.8. The fourth-order valence-corrected chi connectivity index (χ4v) is 2.82. The maximum Gasteiger partial charge on any atom is 0.254 e. The lowest BCUT2D eigenvalue weighted by atomic mass is 9.98. The van der Waals surface area contributed by atoms with E-state index < -0.39 is 11.4 Å². The normalized spacial score (nSPS) is 19.9. The minimum absolute atomic E-state index is 0.0643. The Labute approximate surface area is 161 Å². The third-order valence-corrected chi connectivity index (χ3v) is 5.16. The minimum Gasteiger partial charge on any atom is -0.368 e. The standard InChI is InChI=1S/C17H24IN3O4/c1-17(16(19)23,11-20-25-14-5-3-4-10-24-14)21(2)15(22)12-6-8-13(18)9-7-12/h6-9,14,20H,3-5,10-11H2,1-2H3,(H2,19,23)/t14?,17-/m1/s1. The molecule has 0 bridgehead atoms. The molecule has 7 nitrogen and oxygen atoms in total. The van der Waals surface area contributed by atoms with Gasteiger partial charge >= 0.3 is 0 Å². The molecule has 2 rings (SSSR count). The van der Waals surface area contributed by atoms with E-state index in [1.54, 1.807) is 26.1 Å². The monoisotopic (exact) mass is 461 g/mol. The van der Waals surface area contributed by atoms with Gasteiger partial charge in [0.05, 0.1) is 6.54 Å². The fourth-order valence-electron chi connectivity index (χ4n) is 2.46. The van der Waals surface area contributed by atoms with E-state index in [-0.39, 0.29) is 18.7 Å². The highest BCUT2D eigenvalue weighted by molar-refractivity contribution is 14.1. The van der Waals surface area contributed by atoms with Crippen molar-refractivity contribution in [2.45, 2.75) is 38.0 Å². The van der Waals surface area contributed by atoms with E-state index in [4.69, 9.17) is 15.3 Å². The number of nitrogens with two attached hydrogens (primary N) is 1. The van der Waals surface area contributed by atoms with Gasteiger partial charge < -0.3 is 15.4 Å². The van der Waals surface area contributed by atoms with Crippen LogP contribution in [0.4, 0.5) is 0 Å². The molecule has 2 amide bonds. The smallest absolute Gasteiger partial charge is 0.254 e. The summed E-state index contributed by atoms with van der Waals surface area (Å²) < 4.78 is 6.48. The number of ether oxygens (including phenoxy) is 1. The maximum absolute atomic E-state index is 12.7. The van der Waals surface area contributed by atoms with Gasteiger partial charge in [0.1, 0.15) is 5.54 Å². The van der Waals surface area contributed by atoms with Crippen molar-refractivity contribution < 1.29 is 19.2 Å². The van der Waals surface area contributed by atoms with E-state index in [1.807, 2.05) is 12.1 Å². The topological polar surface area (TPSA) is 93.9 Å². The SMILES string of the molecule is CN(C(=O)c1ccc(I)cc1)[C@](C)(CNOC1CCCCO1)C(N)=O. The lowest BCUT2D eigenvalue weighted by Gasteiger charge is -2.36. The van der Waals surface area contributed by atoms with Crippen LogP contribution in [0, 0.1) is 3.57 Å². The summed E-state index contributed by atoms with van der Waals surface area (Å²) in [6.45, 7) is 2.33. The zero-order valence-corrected chi connectivity index (χ0v) is 16.6. The Balaban J connectivity index is 2.02. The number of nitrogens with one attached hydrogen (secondary N) is 1. The molecule has 1 aromatic rings. The van der Waals surface area contributed by atoms with Crippen LogP contribution >= 0.6 is 22.6 Å². The molecule has 2 atom stereocenters. The Morgan fingerprint density at radius 2 is 2.08 bits per heavy atom. The zero-order chi connectivity index (χ0) is 18.4. The molecule has 1 aliphatic rings. The summed E-state index contributed by atoms with van der Waals surface area (Å²) in [6.07, 6.45) is 2.50. The molecule has 0 saturated carbocycles. The maximum atomic E-state index is 12.7. The van der Waals surface area contributed by atoms with Gasteiger partial charge in [-0.05, 0) is 66.6 Å². The Bertz CT molecular complexity index is 604. The predicted octanol–water partition coefficient (Wildman–Crippen LogP) is 1.66. The van der Waals surface area contributed by atoms with E-state index in [1.165, 1.54) is 4.90 Å². The number of amides is 2. The lowest BCUT2D eigenvalue weighted by molar-refractivity contribution is -0.200. The Hall–Kier alpha value is -1.23. The molecule has 1 fully saturated rings. The molecule has 1 aliphatic heterocycles. The molecule has 25 heavy (non-hydrogen) atoms. The van der Waals surface area contributed by atoms with Crippen LogP contribution in [-0.2, 0) is 14.4 Å². The van der Waals surface area contributed by atoms with Gasteiger partial charge in [0.15, 0.2) is 6.29 Å². The van der Waals surface area contributed by atoms with Gasteiger partial charge in [0, 0.05) is 29.2 Å². The van der Waals surface area contributed by atoms with E-state index in [9.17, 15) is 9.59 Å². The molecule has 1 saturated heterocycles. The number of carbonyl (C=O) groups excluding carboxylic acids is 2. The molecule has 0 spiro atoms. The zero-order valence-electron chi connectivity index (χ0n) is 14.5. The quantitative estimate of drug-likeness (QED) is 0.476. The molecule has 3 N–H and O–H groups in total. The average Bonchev–Trinajstić information content (AvgIpc) is 2.61. The van der Waals surface area contributed by atoms with E-state index in [0.29, 0.717) is 12.2 Å². The van der Waals surface area contributed by atoms with Crippen molar-refractivity contribution in [1.29, 1.82) is 0 Å². The lowest BCUT2D eigenvalue weighted by Crippen LogP contribution is -2.61. The molecule has 0 radical (unpaired) electrons. The van der Waals surface area contributed by atoms with E-state index >= 15 is 0 Å². The molecule has 8 heteroatoms. The van der Waals surface area contributed by atoms with Crippen molar-refractivity contribution >= 4 is 34.4 Å². The van der Waals surface area contributed by atoms with Crippen molar-refractivity contribution in [3.8, 4) is 0 Å². The number of hydroxylamine groups is 1. The fraction of sp³-hybridized carbons (Fsp3) is 0.529. The highest BCUT2D eigenvalue weighted by Crippen LogP contribution is 2.18. The van der Waals surface area contributed by atoms with Gasteiger partial charge in [0.25, 0.3) is 5.91 Å². The summed E-state index contributed by atoms with van der Waals surface area (Å²) in [5, 5.41) is 0. The van der Waals surface area contributed by atoms with E-state index in [0.717, 1.165) is 22.8 Å². The summed E-state index contributed by atoms with van der Waals surface area (Å²) in [6, 6.07) is 7.12. The molecule has 1 heterocycles. The number of carbonyl (C=O) groups is 2. The first-order valence-corrected chi connectivity index (χ1v) is 9.26. The third-order valence-electron chi connectivity index (χ3n) is 4.44. The van der Waals surface area contributed by atoms with Crippen molar-refractivity contribution in [1.82, 2.24) is 10.4 Å². The van der Waals surface area contributed by atoms with Crippen LogP contribution in [0.25, 0.3) is 0 Å². The first-order valence-electron chi connectivity index (χ1n) is 8.18. The second kappa shape index (κ2) is 8.93. The van der Waals surface area contributed by atoms with Crippen LogP contribution in [-0.4, -0.2) is 48.7 Å². The number of hydrogen-bond acceptors (Lipinski definition) is 5. The van der Waals surface area contributed by atoms with Crippen LogP contribution in [0.1, 0.15) is 36.5 Å². The van der Waals surface area contributed by atoms with E-state index in [2.05, 4.69) is 28.1 Å². The third kappa shape index (κ3) is 5.13. The molecule has 138 valence electrons. The largest absolute Gasteiger partial charge is 0.368 e. The van der Waals surface area contributed by atoms with Crippen molar-refractivity contribution in [2.24, 2.45) is 5.73 Å². The molecule has 1 aromatic carbocycles. The van der Waals surface area contributed by atoms with Crippen LogP contribution in [0.3, 0.4) is 0 Å². The molecular weight excluding hydrogens is 437 g/mol. The Morgan fingerprint density at radius 3 is 2.64 bits per heavy atom. The minimum atomic E-state index is -1.24. The molecular formula is C17H24IN3O4. The summed E-state index contributed by atoms with van der Waals surface area (Å²) in [4.78, 5) is 31.5. The molecule has 0 aromatic heterocycles. The number of nitrogens with zero attached hydrogens (tertiary/aromatic N) is 1. The van der Waals surface area contributed by atoms with Crippen LogP contribution < -0.4 is 11.2 Å². The predicted molar refractivity (Wildman–Crippen MR) is 102 cm³/mol. The van der Waals surface area contributed by atoms with Crippen molar-refractivity contribution in [2.75, 3.05) is 20.2 Å². The van der Waals surface area contributed by atoms with Gasteiger partial charge in [0.2, 0.25) is 5.91 Å². The Morgan fingerprint density at radius 1 is 1.40 bits per heavy atom. The number of primary amides is 1. The van der Waals surface area contributed by atoms with Crippen molar-refractivity contribution in [3.63, 3.8) is 0 Å². The highest BCUT2D eigenvalue weighted by atomic mass is 127. The summed E-state index contributed by atoms with van der Waals surface area (Å²) in [7, 11) is 1.56. The van der Waals surface area contributed by atoms with Gasteiger partial charge in [-0.15, -0.1) is 0 Å². The van der Waals surface area contributed by atoms with Gasteiger partial charge in [-0.1, -0.05) is 0 Å².